The summed E-state index contributed by atoms with van der Waals surface area (Å²) < 4.78 is 28.0. The van der Waals surface area contributed by atoms with Gasteiger partial charge in [0.05, 0.1) is 17.4 Å². The Morgan fingerprint density at radius 1 is 1.07 bits per heavy atom. The maximum atomic E-state index is 12.7. The summed E-state index contributed by atoms with van der Waals surface area (Å²) >= 11 is 0. The smallest absolute Gasteiger partial charge is 0.242 e. The van der Waals surface area contributed by atoms with Crippen molar-refractivity contribution in [1.82, 2.24) is 19.9 Å². The first-order valence-electron chi connectivity index (χ1n) is 9.28. The zero-order valence-electron chi connectivity index (χ0n) is 15.4. The van der Waals surface area contributed by atoms with Crippen LogP contribution in [0.3, 0.4) is 0 Å². The highest BCUT2D eigenvalue weighted by Crippen LogP contribution is 2.21. The van der Waals surface area contributed by atoms with Crippen LogP contribution in [-0.2, 0) is 10.0 Å². The van der Waals surface area contributed by atoms with Crippen molar-refractivity contribution in [1.29, 1.82) is 0 Å². The highest BCUT2D eigenvalue weighted by atomic mass is 32.2. The van der Waals surface area contributed by atoms with Crippen molar-refractivity contribution in [2.45, 2.75) is 17.7 Å². The summed E-state index contributed by atoms with van der Waals surface area (Å²) in [5.74, 6) is 0.635. The second-order valence-electron chi connectivity index (χ2n) is 6.65. The zero-order valence-corrected chi connectivity index (χ0v) is 16.2. The van der Waals surface area contributed by atoms with Crippen LogP contribution < -0.4 is 14.9 Å². The highest BCUT2D eigenvalue weighted by Gasteiger charge is 2.17. The summed E-state index contributed by atoms with van der Waals surface area (Å²) in [4.78, 5) is 6.67. The summed E-state index contributed by atoms with van der Waals surface area (Å²) in [6.07, 6.45) is 5.73. The van der Waals surface area contributed by atoms with E-state index in [1.807, 2.05) is 18.2 Å². The molecule has 1 aliphatic rings. The Morgan fingerprint density at radius 2 is 1.89 bits per heavy atom. The van der Waals surface area contributed by atoms with Gasteiger partial charge in [0.15, 0.2) is 5.82 Å². The number of hydrogen-bond donors (Lipinski definition) is 2. The predicted octanol–water partition coefficient (Wildman–Crippen LogP) is 2.02. The zero-order chi connectivity index (χ0) is 19.4. The van der Waals surface area contributed by atoms with Gasteiger partial charge >= 0.3 is 0 Å². The Hall–Kier alpha value is -2.78. The molecule has 0 bridgehead atoms. The number of rotatable bonds is 7. The average molecular weight is 398 g/mol. The molecule has 0 unspecified atom stereocenters. The molecule has 0 atom stereocenters. The molecule has 0 saturated carbocycles. The van der Waals surface area contributed by atoms with Crippen molar-refractivity contribution in [2.75, 3.05) is 36.4 Å². The molecule has 1 fully saturated rings. The van der Waals surface area contributed by atoms with Crippen LogP contribution in [0.4, 0.5) is 11.5 Å². The summed E-state index contributed by atoms with van der Waals surface area (Å²) in [5, 5.41) is 12.0. The standard InChI is InChI=1S/C19H22N6O2S/c26-28(27,17-7-3-5-15-6-4-8-21-19(15)17)23-10-9-20-18-13-16(14-22-24-18)25-11-1-2-12-25/h3-8,13-14,23H,1-2,9-12H2,(H,20,24). The van der Waals surface area contributed by atoms with Crippen molar-refractivity contribution < 1.29 is 8.42 Å². The predicted molar refractivity (Wildman–Crippen MR) is 109 cm³/mol. The molecule has 2 aromatic heterocycles. The van der Waals surface area contributed by atoms with Crippen molar-refractivity contribution in [3.8, 4) is 0 Å². The molecule has 9 heteroatoms. The summed E-state index contributed by atoms with van der Waals surface area (Å²) in [6, 6.07) is 10.7. The minimum atomic E-state index is -3.66. The number of fused-ring (bicyclic) bond motifs is 1. The van der Waals surface area contributed by atoms with E-state index in [4.69, 9.17) is 0 Å². The fourth-order valence-corrected chi connectivity index (χ4v) is 4.55. The van der Waals surface area contributed by atoms with Gasteiger partial charge in [-0.05, 0) is 25.0 Å². The molecular formula is C19H22N6O2S. The van der Waals surface area contributed by atoms with E-state index in [2.05, 4.69) is 30.1 Å². The van der Waals surface area contributed by atoms with E-state index in [9.17, 15) is 8.42 Å². The number of hydrogen-bond acceptors (Lipinski definition) is 7. The maximum absolute atomic E-state index is 12.7. The second-order valence-corrected chi connectivity index (χ2v) is 8.38. The minimum Gasteiger partial charge on any atom is -0.370 e. The molecule has 1 saturated heterocycles. The first-order chi connectivity index (χ1) is 13.6. The quantitative estimate of drug-likeness (QED) is 0.587. The lowest BCUT2D eigenvalue weighted by Crippen LogP contribution is -2.29. The Bertz CT molecular complexity index is 1060. The third-order valence-electron chi connectivity index (χ3n) is 4.72. The number of anilines is 2. The van der Waals surface area contributed by atoms with Crippen molar-refractivity contribution in [2.24, 2.45) is 0 Å². The first kappa shape index (κ1) is 18.6. The third-order valence-corrected chi connectivity index (χ3v) is 6.21. The van der Waals surface area contributed by atoms with Gasteiger partial charge in [-0.1, -0.05) is 18.2 Å². The van der Waals surface area contributed by atoms with E-state index in [0.29, 0.717) is 17.9 Å². The van der Waals surface area contributed by atoms with Gasteiger partial charge in [0.1, 0.15) is 4.90 Å². The number of sulfonamides is 1. The van der Waals surface area contributed by atoms with Gasteiger partial charge in [-0.2, -0.15) is 5.10 Å². The van der Waals surface area contributed by atoms with Crippen LogP contribution in [0.25, 0.3) is 10.9 Å². The highest BCUT2D eigenvalue weighted by molar-refractivity contribution is 7.89. The summed E-state index contributed by atoms with van der Waals surface area (Å²) in [6.45, 7) is 2.69. The summed E-state index contributed by atoms with van der Waals surface area (Å²) in [5.41, 5.74) is 1.51. The van der Waals surface area contributed by atoms with Crippen LogP contribution in [0, 0.1) is 0 Å². The molecule has 8 nitrogen and oxygen atoms in total. The molecule has 1 aromatic carbocycles. The Morgan fingerprint density at radius 3 is 2.75 bits per heavy atom. The molecular weight excluding hydrogens is 376 g/mol. The number of nitrogens with one attached hydrogen (secondary N) is 2. The topological polar surface area (TPSA) is 100 Å². The van der Waals surface area contributed by atoms with Crippen LogP contribution in [0.1, 0.15) is 12.8 Å². The van der Waals surface area contributed by atoms with Crippen molar-refractivity contribution in [3.05, 3.63) is 48.8 Å². The number of aromatic nitrogens is 3. The van der Waals surface area contributed by atoms with Gasteiger partial charge in [0, 0.05) is 43.8 Å². The Labute approximate surface area is 164 Å². The molecule has 1 aliphatic heterocycles. The van der Waals surface area contributed by atoms with Crippen LogP contribution in [0.15, 0.2) is 53.7 Å². The van der Waals surface area contributed by atoms with Crippen molar-refractivity contribution in [3.63, 3.8) is 0 Å². The Kier molecular flexibility index (Phi) is 5.36. The molecule has 0 radical (unpaired) electrons. The van der Waals surface area contributed by atoms with Crippen LogP contribution in [0.2, 0.25) is 0 Å². The number of benzene rings is 1. The molecule has 2 N–H and O–H groups in total. The fourth-order valence-electron chi connectivity index (χ4n) is 3.34. The molecule has 0 amide bonds. The van der Waals surface area contributed by atoms with Gasteiger partial charge in [-0.25, -0.2) is 13.1 Å². The van der Waals surface area contributed by atoms with E-state index in [-0.39, 0.29) is 11.4 Å². The molecule has 4 rings (SSSR count). The van der Waals surface area contributed by atoms with E-state index in [1.54, 1.807) is 30.6 Å². The monoisotopic (exact) mass is 398 g/mol. The fraction of sp³-hybridized carbons (Fsp3) is 0.316. The van der Waals surface area contributed by atoms with Gasteiger partial charge in [0.25, 0.3) is 0 Å². The summed E-state index contributed by atoms with van der Waals surface area (Å²) in [7, 11) is -3.66. The van der Waals surface area contributed by atoms with Crippen LogP contribution in [0.5, 0.6) is 0 Å². The van der Waals surface area contributed by atoms with Gasteiger partial charge in [-0.15, -0.1) is 5.10 Å². The van der Waals surface area contributed by atoms with E-state index in [0.717, 1.165) is 24.2 Å². The van der Waals surface area contributed by atoms with Crippen LogP contribution >= 0.6 is 0 Å². The number of nitrogens with zero attached hydrogens (tertiary/aromatic N) is 4. The molecule has 0 spiro atoms. The molecule has 3 heterocycles. The molecule has 146 valence electrons. The van der Waals surface area contributed by atoms with Crippen molar-refractivity contribution >= 4 is 32.4 Å². The average Bonchev–Trinajstić information content (AvgIpc) is 3.26. The number of pyridine rings is 1. The van der Waals surface area contributed by atoms with Gasteiger partial charge in [-0.3, -0.25) is 4.98 Å². The SMILES string of the molecule is O=S(=O)(NCCNc1cc(N2CCCC2)cnn1)c1cccc2cccnc12. The second kappa shape index (κ2) is 8.07. The number of para-hydroxylation sites is 1. The van der Waals surface area contributed by atoms with E-state index < -0.39 is 10.0 Å². The van der Waals surface area contributed by atoms with Crippen LogP contribution in [-0.4, -0.2) is 49.8 Å². The third kappa shape index (κ3) is 4.05. The maximum Gasteiger partial charge on any atom is 0.242 e. The Balaban J connectivity index is 1.38. The largest absolute Gasteiger partial charge is 0.370 e. The lowest BCUT2D eigenvalue weighted by atomic mass is 10.2. The minimum absolute atomic E-state index is 0.182. The normalized spacial score (nSPS) is 14.5. The van der Waals surface area contributed by atoms with Gasteiger partial charge in [0.2, 0.25) is 10.0 Å². The van der Waals surface area contributed by atoms with Gasteiger partial charge < -0.3 is 10.2 Å². The van der Waals surface area contributed by atoms with E-state index >= 15 is 0 Å². The molecule has 28 heavy (non-hydrogen) atoms. The molecule has 0 aliphatic carbocycles. The lowest BCUT2D eigenvalue weighted by molar-refractivity contribution is 0.583. The molecule has 3 aromatic rings. The first-order valence-corrected chi connectivity index (χ1v) is 10.8. The van der Waals surface area contributed by atoms with E-state index in [1.165, 1.54) is 12.8 Å². The lowest BCUT2D eigenvalue weighted by Gasteiger charge is -2.17.